The van der Waals surface area contributed by atoms with Crippen LogP contribution in [0.3, 0.4) is 0 Å². The molecule has 0 heterocycles. The summed E-state index contributed by atoms with van der Waals surface area (Å²) in [4.78, 5) is 0. The molecule has 0 aliphatic heterocycles. The van der Waals surface area contributed by atoms with Crippen molar-refractivity contribution in [2.24, 2.45) is 0 Å². The lowest BCUT2D eigenvalue weighted by Crippen LogP contribution is -1.86. The van der Waals surface area contributed by atoms with Gasteiger partial charge in [0.25, 0.3) is 0 Å². The molecule has 1 heteroatoms. The van der Waals surface area contributed by atoms with Gasteiger partial charge in [-0.25, -0.2) is 0 Å². The van der Waals surface area contributed by atoms with Crippen molar-refractivity contribution in [1.29, 1.82) is 0 Å². The van der Waals surface area contributed by atoms with Gasteiger partial charge in [-0.2, -0.15) is 0 Å². The molecule has 0 amide bonds. The molecule has 0 aliphatic rings. The van der Waals surface area contributed by atoms with E-state index in [1.165, 1.54) is 0 Å². The van der Waals surface area contributed by atoms with Crippen LogP contribution in [0, 0.1) is 6.92 Å². The van der Waals surface area contributed by atoms with Crippen LogP contribution in [0.15, 0.2) is 25.3 Å². The Hall–Kier alpha value is -1.01. The Labute approximate surface area is 78.2 Å². The predicted octanol–water partition coefficient (Wildman–Crippen LogP) is 3.93. The van der Waals surface area contributed by atoms with Gasteiger partial charge in [0.15, 0.2) is 0 Å². The zero-order valence-electron chi connectivity index (χ0n) is 7.10. The van der Waals surface area contributed by atoms with Crippen LogP contribution in [0.1, 0.15) is 16.7 Å². The zero-order chi connectivity index (χ0) is 9.14. The molecule has 0 saturated carbocycles. The first kappa shape index (κ1) is 9.08. The first-order valence-electron chi connectivity index (χ1n) is 3.74. The molecule has 1 rings (SSSR count). The summed E-state index contributed by atoms with van der Waals surface area (Å²) in [6.45, 7) is 9.43. The molecule has 1 aromatic carbocycles. The minimum absolute atomic E-state index is 0.774. The molecule has 0 atom stereocenters. The normalized spacial score (nSPS) is 9.50. The molecule has 0 bridgehead atoms. The highest BCUT2D eigenvalue weighted by Gasteiger charge is 2.02. The summed E-state index contributed by atoms with van der Waals surface area (Å²) in [6.07, 6.45) is 3.61. The lowest BCUT2D eigenvalue weighted by Gasteiger charge is -2.06. The van der Waals surface area contributed by atoms with E-state index in [1.54, 1.807) is 12.2 Å². The van der Waals surface area contributed by atoms with E-state index in [1.807, 2.05) is 19.1 Å². The van der Waals surface area contributed by atoms with Crippen molar-refractivity contribution >= 4 is 23.8 Å². The maximum Gasteiger partial charge on any atom is 0.0441 e. The monoisotopic (exact) mass is 178 g/mol. The molecular formula is C11H11Cl. The highest BCUT2D eigenvalue weighted by Crippen LogP contribution is 2.24. The van der Waals surface area contributed by atoms with Crippen LogP contribution in [0.4, 0.5) is 0 Å². The number of halogens is 1. The number of hydrogen-bond acceptors (Lipinski definition) is 0. The summed E-state index contributed by atoms with van der Waals surface area (Å²) in [5.74, 6) is 0. The van der Waals surface area contributed by atoms with Gasteiger partial charge in [-0.1, -0.05) is 43.0 Å². The lowest BCUT2D eigenvalue weighted by molar-refractivity contribution is 1.43. The van der Waals surface area contributed by atoms with E-state index in [2.05, 4.69) is 13.2 Å². The van der Waals surface area contributed by atoms with E-state index in [4.69, 9.17) is 11.6 Å². The van der Waals surface area contributed by atoms with Gasteiger partial charge in [-0.15, -0.1) is 0 Å². The fraction of sp³-hybridized carbons (Fsp3) is 0.0909. The van der Waals surface area contributed by atoms with Crippen molar-refractivity contribution in [2.45, 2.75) is 6.92 Å². The molecule has 62 valence electrons. The fourth-order valence-electron chi connectivity index (χ4n) is 1.17. The molecule has 0 radical (unpaired) electrons. The van der Waals surface area contributed by atoms with Crippen molar-refractivity contribution in [3.8, 4) is 0 Å². The number of benzene rings is 1. The van der Waals surface area contributed by atoms with Crippen molar-refractivity contribution in [2.75, 3.05) is 0 Å². The Kier molecular flexibility index (Phi) is 2.72. The van der Waals surface area contributed by atoms with Crippen LogP contribution >= 0.6 is 11.6 Å². The van der Waals surface area contributed by atoms with Gasteiger partial charge < -0.3 is 0 Å². The van der Waals surface area contributed by atoms with Crippen LogP contribution in [0.25, 0.3) is 12.2 Å². The van der Waals surface area contributed by atoms with Gasteiger partial charge in [0.2, 0.25) is 0 Å². The average Bonchev–Trinajstić information content (AvgIpc) is 2.09. The molecule has 0 fully saturated rings. The molecule has 0 spiro atoms. The molecule has 12 heavy (non-hydrogen) atoms. The molecule has 0 aromatic heterocycles. The standard InChI is InChI=1S/C11H11Cl/c1-4-9-6-7-11(12)8(3)10(9)5-2/h4-7H,1-2H2,3H3. The first-order valence-corrected chi connectivity index (χ1v) is 4.12. The second kappa shape index (κ2) is 3.59. The third-order valence-corrected chi connectivity index (χ3v) is 2.32. The molecule has 0 saturated heterocycles. The van der Waals surface area contributed by atoms with E-state index >= 15 is 0 Å². The van der Waals surface area contributed by atoms with Crippen LogP contribution in [-0.2, 0) is 0 Å². The van der Waals surface area contributed by atoms with Crippen molar-refractivity contribution in [1.82, 2.24) is 0 Å². The molecular weight excluding hydrogens is 168 g/mol. The second-order valence-electron chi connectivity index (χ2n) is 2.58. The van der Waals surface area contributed by atoms with Gasteiger partial charge in [0, 0.05) is 5.02 Å². The number of rotatable bonds is 2. The highest BCUT2D eigenvalue weighted by atomic mass is 35.5. The summed E-state index contributed by atoms with van der Waals surface area (Å²) in [5.41, 5.74) is 3.20. The van der Waals surface area contributed by atoms with Crippen LogP contribution < -0.4 is 0 Å². The Morgan fingerprint density at radius 1 is 1.25 bits per heavy atom. The van der Waals surface area contributed by atoms with Crippen LogP contribution in [0.5, 0.6) is 0 Å². The van der Waals surface area contributed by atoms with E-state index in [9.17, 15) is 0 Å². The second-order valence-corrected chi connectivity index (χ2v) is 2.99. The minimum Gasteiger partial charge on any atom is -0.0984 e. The molecule has 1 aromatic rings. The Morgan fingerprint density at radius 3 is 2.42 bits per heavy atom. The van der Waals surface area contributed by atoms with E-state index in [0.717, 1.165) is 21.7 Å². The van der Waals surface area contributed by atoms with Crippen molar-refractivity contribution < 1.29 is 0 Å². The zero-order valence-corrected chi connectivity index (χ0v) is 7.86. The van der Waals surface area contributed by atoms with Gasteiger partial charge in [-0.05, 0) is 29.7 Å². The van der Waals surface area contributed by atoms with Gasteiger partial charge in [0.1, 0.15) is 0 Å². The Morgan fingerprint density at radius 2 is 1.92 bits per heavy atom. The van der Waals surface area contributed by atoms with E-state index < -0.39 is 0 Å². The third-order valence-electron chi connectivity index (χ3n) is 1.91. The summed E-state index contributed by atoms with van der Waals surface area (Å²) in [6, 6.07) is 3.82. The quantitative estimate of drug-likeness (QED) is 0.644. The molecule has 0 N–H and O–H groups in total. The van der Waals surface area contributed by atoms with Crippen LogP contribution in [-0.4, -0.2) is 0 Å². The SMILES string of the molecule is C=Cc1ccc(Cl)c(C)c1C=C. The summed E-state index contributed by atoms with van der Waals surface area (Å²) in [7, 11) is 0. The smallest absolute Gasteiger partial charge is 0.0441 e. The van der Waals surface area contributed by atoms with Gasteiger partial charge >= 0.3 is 0 Å². The fourth-order valence-corrected chi connectivity index (χ4v) is 1.34. The summed E-state index contributed by atoms with van der Waals surface area (Å²) >= 11 is 5.94. The highest BCUT2D eigenvalue weighted by molar-refractivity contribution is 6.31. The molecule has 0 unspecified atom stereocenters. The summed E-state index contributed by atoms with van der Waals surface area (Å²) in [5, 5.41) is 0.774. The topological polar surface area (TPSA) is 0 Å². The van der Waals surface area contributed by atoms with Crippen molar-refractivity contribution in [3.05, 3.63) is 47.0 Å². The minimum atomic E-state index is 0.774. The van der Waals surface area contributed by atoms with E-state index in [-0.39, 0.29) is 0 Å². The summed E-state index contributed by atoms with van der Waals surface area (Å²) < 4.78 is 0. The third kappa shape index (κ3) is 1.44. The van der Waals surface area contributed by atoms with E-state index in [0.29, 0.717) is 0 Å². The predicted molar refractivity (Wildman–Crippen MR) is 56.4 cm³/mol. The van der Waals surface area contributed by atoms with Crippen LogP contribution in [0.2, 0.25) is 5.02 Å². The average molecular weight is 179 g/mol. The largest absolute Gasteiger partial charge is 0.0984 e. The Bertz CT molecular complexity index is 324. The Balaban J connectivity index is 3.45. The van der Waals surface area contributed by atoms with Gasteiger partial charge in [-0.3, -0.25) is 0 Å². The number of hydrogen-bond donors (Lipinski definition) is 0. The lowest BCUT2D eigenvalue weighted by atomic mass is 10.0. The molecule has 0 aliphatic carbocycles. The maximum absolute atomic E-state index is 5.94. The van der Waals surface area contributed by atoms with Gasteiger partial charge in [0.05, 0.1) is 0 Å². The first-order chi connectivity index (χ1) is 5.70. The maximum atomic E-state index is 5.94. The van der Waals surface area contributed by atoms with Crippen molar-refractivity contribution in [3.63, 3.8) is 0 Å². The molecule has 0 nitrogen and oxygen atoms in total.